The van der Waals surface area contributed by atoms with Crippen molar-refractivity contribution >= 4 is 23.4 Å². The van der Waals surface area contributed by atoms with Gasteiger partial charge in [-0.15, -0.1) is 5.10 Å². The smallest absolute Gasteiger partial charge is 0.237 e. The number of hydrogen-bond donors (Lipinski definition) is 3. The molecule has 1 amide bonds. The number of aryl methyl sites for hydroxylation is 2. The largest absolute Gasteiger partial charge is 0.507 e. The van der Waals surface area contributed by atoms with E-state index in [4.69, 9.17) is 0 Å². The van der Waals surface area contributed by atoms with Gasteiger partial charge in [-0.2, -0.15) is 0 Å². The zero-order chi connectivity index (χ0) is 18.7. The molecule has 134 valence electrons. The molecule has 3 aromatic rings. The number of phenols is 1. The van der Waals surface area contributed by atoms with Gasteiger partial charge in [0.1, 0.15) is 5.75 Å². The van der Waals surface area contributed by atoms with Crippen LogP contribution in [0, 0.1) is 13.8 Å². The van der Waals surface area contributed by atoms with Gasteiger partial charge < -0.3 is 10.4 Å². The first-order valence-electron chi connectivity index (χ1n) is 8.20. The van der Waals surface area contributed by atoms with E-state index >= 15 is 0 Å². The highest BCUT2D eigenvalue weighted by Gasteiger charge is 2.19. The van der Waals surface area contributed by atoms with Gasteiger partial charge >= 0.3 is 0 Å². The number of nitrogens with one attached hydrogen (secondary N) is 2. The summed E-state index contributed by atoms with van der Waals surface area (Å²) in [4.78, 5) is 16.9. The van der Waals surface area contributed by atoms with E-state index in [0.717, 1.165) is 16.8 Å². The van der Waals surface area contributed by atoms with Crippen molar-refractivity contribution in [3.8, 4) is 17.1 Å². The Bertz CT molecular complexity index is 919. The molecule has 1 atom stereocenters. The zero-order valence-electron chi connectivity index (χ0n) is 14.8. The van der Waals surface area contributed by atoms with Crippen molar-refractivity contribution in [1.82, 2.24) is 15.2 Å². The van der Waals surface area contributed by atoms with Crippen LogP contribution in [0.4, 0.5) is 5.69 Å². The molecule has 7 heteroatoms. The molecule has 2 aromatic carbocycles. The summed E-state index contributed by atoms with van der Waals surface area (Å²) in [5.74, 6) is 0.482. The van der Waals surface area contributed by atoms with Crippen molar-refractivity contribution in [3.63, 3.8) is 0 Å². The Kier molecular flexibility index (Phi) is 5.27. The Balaban J connectivity index is 1.69. The lowest BCUT2D eigenvalue weighted by Crippen LogP contribution is -2.23. The average Bonchev–Trinajstić information content (AvgIpc) is 3.06. The second-order valence-corrected chi connectivity index (χ2v) is 7.31. The third-order valence-electron chi connectivity index (χ3n) is 4.00. The topological polar surface area (TPSA) is 90.9 Å². The van der Waals surface area contributed by atoms with E-state index in [2.05, 4.69) is 20.5 Å². The second-order valence-electron chi connectivity index (χ2n) is 6.00. The maximum atomic E-state index is 12.5. The molecule has 0 aliphatic heterocycles. The van der Waals surface area contributed by atoms with Crippen molar-refractivity contribution in [2.75, 3.05) is 5.32 Å². The van der Waals surface area contributed by atoms with Crippen LogP contribution in [0.3, 0.4) is 0 Å². The summed E-state index contributed by atoms with van der Waals surface area (Å²) in [6.45, 7) is 5.74. The van der Waals surface area contributed by atoms with Crippen LogP contribution in [0.2, 0.25) is 0 Å². The predicted octanol–water partition coefficient (Wildman–Crippen LogP) is 3.91. The van der Waals surface area contributed by atoms with Gasteiger partial charge in [0.2, 0.25) is 11.1 Å². The monoisotopic (exact) mass is 368 g/mol. The summed E-state index contributed by atoms with van der Waals surface area (Å²) < 4.78 is 0. The average molecular weight is 368 g/mol. The number of anilines is 1. The van der Waals surface area contributed by atoms with Gasteiger partial charge in [0, 0.05) is 5.69 Å². The lowest BCUT2D eigenvalue weighted by atomic mass is 10.1. The molecule has 3 rings (SSSR count). The number of amides is 1. The number of para-hydroxylation sites is 2. The van der Waals surface area contributed by atoms with Crippen LogP contribution in [-0.4, -0.2) is 31.4 Å². The normalized spacial score (nSPS) is 12.0. The minimum Gasteiger partial charge on any atom is -0.507 e. The van der Waals surface area contributed by atoms with Crippen molar-refractivity contribution in [1.29, 1.82) is 0 Å². The second kappa shape index (κ2) is 7.61. The molecule has 0 saturated heterocycles. The van der Waals surface area contributed by atoms with Crippen LogP contribution in [0.15, 0.2) is 47.6 Å². The fourth-order valence-corrected chi connectivity index (χ4v) is 3.27. The highest BCUT2D eigenvalue weighted by atomic mass is 32.2. The minimum atomic E-state index is -0.373. The highest BCUT2D eigenvalue weighted by molar-refractivity contribution is 8.00. The van der Waals surface area contributed by atoms with Crippen molar-refractivity contribution in [3.05, 3.63) is 53.6 Å². The van der Waals surface area contributed by atoms with Gasteiger partial charge in [0.05, 0.1) is 10.8 Å². The van der Waals surface area contributed by atoms with Crippen LogP contribution < -0.4 is 5.32 Å². The van der Waals surface area contributed by atoms with Gasteiger partial charge in [-0.3, -0.25) is 9.89 Å². The van der Waals surface area contributed by atoms with Gasteiger partial charge in [0.25, 0.3) is 0 Å². The molecule has 26 heavy (non-hydrogen) atoms. The molecule has 6 nitrogen and oxygen atoms in total. The first kappa shape index (κ1) is 18.0. The third-order valence-corrected chi connectivity index (χ3v) is 4.97. The number of aromatic hydroxyl groups is 1. The molecule has 1 aromatic heterocycles. The summed E-state index contributed by atoms with van der Waals surface area (Å²) in [6, 6.07) is 12.8. The Labute approximate surface area is 156 Å². The van der Waals surface area contributed by atoms with Crippen LogP contribution in [0.1, 0.15) is 18.1 Å². The highest BCUT2D eigenvalue weighted by Crippen LogP contribution is 2.28. The zero-order valence-corrected chi connectivity index (χ0v) is 15.6. The number of H-pyrrole nitrogens is 1. The maximum Gasteiger partial charge on any atom is 0.237 e. The number of aromatic amines is 1. The van der Waals surface area contributed by atoms with E-state index in [1.165, 1.54) is 11.8 Å². The Morgan fingerprint density at radius 1 is 1.15 bits per heavy atom. The number of rotatable bonds is 5. The van der Waals surface area contributed by atoms with Crippen molar-refractivity contribution in [2.45, 2.75) is 31.2 Å². The third kappa shape index (κ3) is 3.88. The van der Waals surface area contributed by atoms with Crippen LogP contribution in [0.5, 0.6) is 5.75 Å². The van der Waals surface area contributed by atoms with Gasteiger partial charge in [-0.1, -0.05) is 42.1 Å². The van der Waals surface area contributed by atoms with Crippen LogP contribution >= 0.6 is 11.8 Å². The molecule has 3 N–H and O–H groups in total. The molecule has 1 heterocycles. The van der Waals surface area contributed by atoms with Gasteiger partial charge in [0.15, 0.2) is 5.82 Å². The number of aromatic nitrogens is 3. The number of hydrogen-bond acceptors (Lipinski definition) is 5. The Morgan fingerprint density at radius 2 is 1.85 bits per heavy atom. The van der Waals surface area contributed by atoms with Crippen molar-refractivity contribution < 1.29 is 9.90 Å². The number of phenolic OH excluding ortho intramolecular Hbond substituents is 1. The van der Waals surface area contributed by atoms with E-state index in [1.54, 1.807) is 18.2 Å². The molecule has 0 bridgehead atoms. The van der Waals surface area contributed by atoms with Gasteiger partial charge in [-0.05, 0) is 44.0 Å². The molecule has 0 spiro atoms. The summed E-state index contributed by atoms with van der Waals surface area (Å²) in [7, 11) is 0. The Hall–Kier alpha value is -2.80. The van der Waals surface area contributed by atoms with E-state index < -0.39 is 0 Å². The molecular formula is C19H20N4O2S. The Morgan fingerprint density at radius 3 is 2.54 bits per heavy atom. The lowest BCUT2D eigenvalue weighted by Gasteiger charge is -2.14. The molecule has 0 aliphatic rings. The minimum absolute atomic E-state index is 0.110. The molecular weight excluding hydrogens is 348 g/mol. The van der Waals surface area contributed by atoms with E-state index in [0.29, 0.717) is 16.5 Å². The summed E-state index contributed by atoms with van der Waals surface area (Å²) in [6.07, 6.45) is 0. The SMILES string of the molecule is Cc1cccc(C)c1NC(=O)[C@@H](C)Sc1n[nH]c(-c2ccccc2O)n1. The van der Waals surface area contributed by atoms with Crippen LogP contribution in [0.25, 0.3) is 11.4 Å². The standard InChI is InChI=1S/C19H20N4O2S/c1-11-7-6-8-12(2)16(11)20-18(25)13(3)26-19-21-17(22-23-19)14-9-4-5-10-15(14)24/h4-10,13,24H,1-3H3,(H,20,25)(H,21,22,23)/t13-/m1/s1. The first-order valence-corrected chi connectivity index (χ1v) is 9.08. The fraction of sp³-hybridized carbons (Fsp3) is 0.211. The number of carbonyl (C=O) groups excluding carboxylic acids is 1. The summed E-state index contributed by atoms with van der Waals surface area (Å²) in [5.41, 5.74) is 3.46. The lowest BCUT2D eigenvalue weighted by molar-refractivity contribution is -0.115. The van der Waals surface area contributed by atoms with Crippen LogP contribution in [-0.2, 0) is 4.79 Å². The predicted molar refractivity (Wildman–Crippen MR) is 103 cm³/mol. The van der Waals surface area contributed by atoms with Crippen molar-refractivity contribution in [2.24, 2.45) is 0 Å². The molecule has 0 unspecified atom stereocenters. The maximum absolute atomic E-state index is 12.5. The van der Waals surface area contributed by atoms with E-state index in [9.17, 15) is 9.90 Å². The quantitative estimate of drug-likeness (QED) is 0.594. The number of carbonyl (C=O) groups is 1. The van der Waals surface area contributed by atoms with E-state index in [1.807, 2.05) is 45.0 Å². The van der Waals surface area contributed by atoms with E-state index in [-0.39, 0.29) is 16.9 Å². The van der Waals surface area contributed by atoms with Gasteiger partial charge in [-0.25, -0.2) is 4.98 Å². The summed E-state index contributed by atoms with van der Waals surface area (Å²) in [5, 5.41) is 19.9. The fourth-order valence-electron chi connectivity index (χ4n) is 2.54. The summed E-state index contributed by atoms with van der Waals surface area (Å²) >= 11 is 1.26. The first-order chi connectivity index (χ1) is 12.5. The number of thioether (sulfide) groups is 1. The number of nitrogens with zero attached hydrogens (tertiary/aromatic N) is 2. The molecule has 0 fully saturated rings. The molecule has 0 radical (unpaired) electrons. The molecule has 0 saturated carbocycles. The number of benzene rings is 2. The molecule has 0 aliphatic carbocycles.